The average Bonchev–Trinajstić information content (AvgIpc) is 3.07. The molecule has 1 aromatic heterocycles. The van der Waals surface area contributed by atoms with Crippen LogP contribution in [-0.4, -0.2) is 31.7 Å². The maximum atomic E-state index is 12.2. The lowest BCUT2D eigenvalue weighted by atomic mass is 10.1. The summed E-state index contributed by atoms with van der Waals surface area (Å²) in [7, 11) is -3.48. The quantitative estimate of drug-likeness (QED) is 0.677. The van der Waals surface area contributed by atoms with Crippen LogP contribution in [0.4, 0.5) is 0 Å². The Bertz CT molecular complexity index is 506. The molecule has 0 saturated heterocycles. The molecule has 0 spiro atoms. The molecule has 1 aromatic rings. The number of sulfonamides is 1. The molecule has 2 rings (SSSR count). The zero-order valence-corrected chi connectivity index (χ0v) is 12.8. The number of aromatic nitrogens is 2. The van der Waals surface area contributed by atoms with Gasteiger partial charge in [-0.05, 0) is 18.9 Å². The summed E-state index contributed by atoms with van der Waals surface area (Å²) in [6, 6.07) is 0. The SMILES string of the molecule is CCNCc1cn[nH]c1S(=O)(=O)NCCC1CCCC1. The summed E-state index contributed by atoms with van der Waals surface area (Å²) in [4.78, 5) is 0. The van der Waals surface area contributed by atoms with E-state index in [0.717, 1.165) is 13.0 Å². The fourth-order valence-corrected chi connectivity index (χ4v) is 3.86. The molecule has 1 fully saturated rings. The van der Waals surface area contributed by atoms with E-state index >= 15 is 0 Å². The van der Waals surface area contributed by atoms with Crippen molar-refractivity contribution < 1.29 is 8.42 Å². The van der Waals surface area contributed by atoms with Gasteiger partial charge in [0.1, 0.15) is 0 Å². The van der Waals surface area contributed by atoms with Gasteiger partial charge in [-0.3, -0.25) is 5.10 Å². The largest absolute Gasteiger partial charge is 0.313 e. The van der Waals surface area contributed by atoms with Gasteiger partial charge in [-0.1, -0.05) is 32.6 Å². The molecule has 1 aliphatic rings. The summed E-state index contributed by atoms with van der Waals surface area (Å²) in [5.41, 5.74) is 0.681. The number of nitrogens with zero attached hydrogens (tertiary/aromatic N) is 1. The van der Waals surface area contributed by atoms with Crippen LogP contribution in [0.15, 0.2) is 11.2 Å². The third-order valence-corrected chi connectivity index (χ3v) is 5.31. The first-order chi connectivity index (χ1) is 9.63. The van der Waals surface area contributed by atoms with Crippen molar-refractivity contribution in [1.82, 2.24) is 20.2 Å². The van der Waals surface area contributed by atoms with Crippen LogP contribution in [0.5, 0.6) is 0 Å². The maximum absolute atomic E-state index is 12.2. The fourth-order valence-electron chi connectivity index (χ4n) is 2.69. The third-order valence-electron chi connectivity index (χ3n) is 3.83. The summed E-state index contributed by atoms with van der Waals surface area (Å²) in [5.74, 6) is 0.681. The molecule has 6 nitrogen and oxygen atoms in total. The van der Waals surface area contributed by atoms with Crippen LogP contribution in [0.3, 0.4) is 0 Å². The number of hydrogen-bond donors (Lipinski definition) is 3. The van der Waals surface area contributed by atoms with Crippen molar-refractivity contribution in [3.63, 3.8) is 0 Å². The molecule has 0 unspecified atom stereocenters. The van der Waals surface area contributed by atoms with Gasteiger partial charge in [0.05, 0.1) is 6.20 Å². The number of nitrogens with one attached hydrogen (secondary N) is 3. The Morgan fingerprint density at radius 2 is 2.15 bits per heavy atom. The second-order valence-corrected chi connectivity index (χ2v) is 7.05. The Labute approximate surface area is 120 Å². The molecule has 1 heterocycles. The van der Waals surface area contributed by atoms with Gasteiger partial charge in [-0.2, -0.15) is 5.10 Å². The molecule has 0 atom stereocenters. The second kappa shape index (κ2) is 7.19. The normalized spacial score (nSPS) is 16.9. The number of H-pyrrole nitrogens is 1. The van der Waals surface area contributed by atoms with Crippen LogP contribution in [0.1, 0.15) is 44.6 Å². The summed E-state index contributed by atoms with van der Waals surface area (Å²) < 4.78 is 27.2. The standard InChI is InChI=1S/C13H24N4O2S/c1-2-14-9-12-10-15-17-13(12)20(18,19)16-8-7-11-5-3-4-6-11/h10-11,14,16H,2-9H2,1H3,(H,15,17). The monoisotopic (exact) mass is 300 g/mol. The van der Waals surface area contributed by atoms with Crippen LogP contribution in [0, 0.1) is 5.92 Å². The highest BCUT2D eigenvalue weighted by Crippen LogP contribution is 2.27. The zero-order chi connectivity index (χ0) is 14.4. The minimum absolute atomic E-state index is 0.185. The Morgan fingerprint density at radius 1 is 1.40 bits per heavy atom. The number of aromatic amines is 1. The Morgan fingerprint density at radius 3 is 2.85 bits per heavy atom. The molecule has 3 N–H and O–H groups in total. The predicted octanol–water partition coefficient (Wildman–Crippen LogP) is 1.38. The molecule has 114 valence electrons. The van der Waals surface area contributed by atoms with Gasteiger partial charge in [0.25, 0.3) is 10.0 Å². The van der Waals surface area contributed by atoms with Gasteiger partial charge in [0.2, 0.25) is 0 Å². The van der Waals surface area contributed by atoms with Gasteiger partial charge in [-0.15, -0.1) is 0 Å². The van der Waals surface area contributed by atoms with Crippen LogP contribution >= 0.6 is 0 Å². The van der Waals surface area contributed by atoms with Crippen molar-refractivity contribution in [2.75, 3.05) is 13.1 Å². The molecule has 0 aliphatic heterocycles. The molecule has 20 heavy (non-hydrogen) atoms. The van der Waals surface area contributed by atoms with Crippen molar-refractivity contribution in [2.24, 2.45) is 5.92 Å². The summed E-state index contributed by atoms with van der Waals surface area (Å²) in [6.07, 6.45) is 7.52. The molecule has 0 radical (unpaired) electrons. The minimum Gasteiger partial charge on any atom is -0.313 e. The van der Waals surface area contributed by atoms with Crippen molar-refractivity contribution >= 4 is 10.0 Å². The first-order valence-electron chi connectivity index (χ1n) is 7.36. The zero-order valence-electron chi connectivity index (χ0n) is 12.0. The summed E-state index contributed by atoms with van der Waals surface area (Å²) in [6.45, 7) is 3.78. The second-order valence-electron chi connectivity index (χ2n) is 5.34. The van der Waals surface area contributed by atoms with Gasteiger partial charge in [-0.25, -0.2) is 13.1 Å². The highest BCUT2D eigenvalue weighted by atomic mass is 32.2. The fraction of sp³-hybridized carbons (Fsp3) is 0.769. The highest BCUT2D eigenvalue weighted by molar-refractivity contribution is 7.89. The first kappa shape index (κ1) is 15.5. The van der Waals surface area contributed by atoms with E-state index in [1.165, 1.54) is 25.7 Å². The molecular formula is C13H24N4O2S. The Kier molecular flexibility index (Phi) is 5.56. The van der Waals surface area contributed by atoms with Crippen molar-refractivity contribution in [3.05, 3.63) is 11.8 Å². The van der Waals surface area contributed by atoms with E-state index in [9.17, 15) is 8.42 Å². The van der Waals surface area contributed by atoms with E-state index in [1.54, 1.807) is 6.20 Å². The minimum atomic E-state index is -3.48. The lowest BCUT2D eigenvalue weighted by Crippen LogP contribution is -2.27. The van der Waals surface area contributed by atoms with Gasteiger partial charge in [0, 0.05) is 18.7 Å². The van der Waals surface area contributed by atoms with Crippen LogP contribution < -0.4 is 10.0 Å². The maximum Gasteiger partial charge on any atom is 0.257 e. The highest BCUT2D eigenvalue weighted by Gasteiger charge is 2.21. The van der Waals surface area contributed by atoms with Crippen molar-refractivity contribution in [1.29, 1.82) is 0 Å². The van der Waals surface area contributed by atoms with Gasteiger partial charge >= 0.3 is 0 Å². The molecular weight excluding hydrogens is 276 g/mol. The van der Waals surface area contributed by atoms with Gasteiger partial charge in [0.15, 0.2) is 5.03 Å². The average molecular weight is 300 g/mol. The summed E-state index contributed by atoms with van der Waals surface area (Å²) >= 11 is 0. The Balaban J connectivity index is 1.90. The third kappa shape index (κ3) is 4.04. The van der Waals surface area contributed by atoms with E-state index in [4.69, 9.17) is 0 Å². The first-order valence-corrected chi connectivity index (χ1v) is 8.84. The predicted molar refractivity (Wildman–Crippen MR) is 77.7 cm³/mol. The molecule has 0 amide bonds. The molecule has 7 heteroatoms. The molecule has 1 aliphatic carbocycles. The molecule has 1 saturated carbocycles. The van der Waals surface area contributed by atoms with Crippen molar-refractivity contribution in [3.8, 4) is 0 Å². The van der Waals surface area contributed by atoms with Crippen LogP contribution in [-0.2, 0) is 16.6 Å². The lowest BCUT2D eigenvalue weighted by molar-refractivity contribution is 0.495. The topological polar surface area (TPSA) is 86.9 Å². The lowest BCUT2D eigenvalue weighted by Gasteiger charge is -2.10. The smallest absolute Gasteiger partial charge is 0.257 e. The van der Waals surface area contributed by atoms with Crippen LogP contribution in [0.2, 0.25) is 0 Å². The van der Waals surface area contributed by atoms with Crippen molar-refractivity contribution in [2.45, 2.75) is 50.6 Å². The van der Waals surface area contributed by atoms with E-state index in [2.05, 4.69) is 20.2 Å². The number of hydrogen-bond acceptors (Lipinski definition) is 4. The van der Waals surface area contributed by atoms with E-state index in [-0.39, 0.29) is 5.03 Å². The van der Waals surface area contributed by atoms with E-state index in [0.29, 0.717) is 24.6 Å². The molecule has 0 bridgehead atoms. The van der Waals surface area contributed by atoms with E-state index in [1.807, 2.05) is 6.92 Å². The number of rotatable bonds is 8. The Hall–Kier alpha value is -0.920. The van der Waals surface area contributed by atoms with Crippen LogP contribution in [0.25, 0.3) is 0 Å². The molecule has 0 aromatic carbocycles. The van der Waals surface area contributed by atoms with E-state index < -0.39 is 10.0 Å². The summed E-state index contributed by atoms with van der Waals surface area (Å²) in [5, 5.41) is 9.73. The van der Waals surface area contributed by atoms with Gasteiger partial charge < -0.3 is 5.32 Å².